The van der Waals surface area contributed by atoms with E-state index in [0.29, 0.717) is 6.54 Å². The number of nitrogens with one attached hydrogen (secondary N) is 1. The van der Waals surface area contributed by atoms with E-state index in [4.69, 9.17) is 0 Å². The number of rotatable bonds is 5. The zero-order chi connectivity index (χ0) is 14.7. The quantitative estimate of drug-likeness (QED) is 0.869. The van der Waals surface area contributed by atoms with Gasteiger partial charge in [0, 0.05) is 65.1 Å². The van der Waals surface area contributed by atoms with Crippen LogP contribution >= 0.6 is 0 Å². The minimum absolute atomic E-state index is 0.0651. The normalized spacial score (nSPS) is 19.8. The maximum Gasteiger partial charge on any atom is 0.317 e. The lowest BCUT2D eigenvalue weighted by Gasteiger charge is -2.34. The van der Waals surface area contributed by atoms with Gasteiger partial charge in [-0.05, 0) is 18.8 Å². The second kappa shape index (κ2) is 6.47. The molecule has 116 valence electrons. The largest absolute Gasteiger partial charge is 0.338 e. The van der Waals surface area contributed by atoms with Crippen molar-refractivity contribution in [2.45, 2.75) is 19.3 Å². The maximum absolute atomic E-state index is 12.1. The van der Waals surface area contributed by atoms with Gasteiger partial charge in [-0.2, -0.15) is 0 Å². The SMILES string of the molecule is Cn1ccnc1CCNC(=O)N1CCN(CC2CC2)CC1. The number of urea groups is 1. The summed E-state index contributed by atoms with van der Waals surface area (Å²) in [5, 5.41) is 3.00. The fourth-order valence-corrected chi connectivity index (χ4v) is 2.83. The molecule has 2 aliphatic rings. The number of hydrogen-bond acceptors (Lipinski definition) is 3. The van der Waals surface area contributed by atoms with Gasteiger partial charge in [0.1, 0.15) is 5.82 Å². The lowest BCUT2D eigenvalue weighted by atomic mass is 10.3. The number of carbonyl (C=O) groups excluding carboxylic acids is 1. The molecule has 6 heteroatoms. The first-order valence-electron chi connectivity index (χ1n) is 7.93. The summed E-state index contributed by atoms with van der Waals surface area (Å²) in [6.07, 6.45) is 7.28. The van der Waals surface area contributed by atoms with Gasteiger partial charge in [0.05, 0.1) is 0 Å². The summed E-state index contributed by atoms with van der Waals surface area (Å²) in [6.45, 7) is 5.61. The van der Waals surface area contributed by atoms with E-state index in [2.05, 4.69) is 15.2 Å². The van der Waals surface area contributed by atoms with Crippen molar-refractivity contribution < 1.29 is 4.79 Å². The van der Waals surface area contributed by atoms with E-state index < -0.39 is 0 Å². The van der Waals surface area contributed by atoms with Crippen molar-refractivity contribution in [3.05, 3.63) is 18.2 Å². The highest BCUT2D eigenvalue weighted by Gasteiger charge is 2.27. The molecule has 2 heterocycles. The molecule has 1 aliphatic carbocycles. The van der Waals surface area contributed by atoms with E-state index in [9.17, 15) is 4.79 Å². The van der Waals surface area contributed by atoms with E-state index in [-0.39, 0.29) is 6.03 Å². The summed E-state index contributed by atoms with van der Waals surface area (Å²) in [6, 6.07) is 0.0651. The Bertz CT molecular complexity index is 474. The molecule has 0 radical (unpaired) electrons. The van der Waals surface area contributed by atoms with Crippen LogP contribution in [-0.4, -0.2) is 64.7 Å². The number of amides is 2. The van der Waals surface area contributed by atoms with Gasteiger partial charge in [0.2, 0.25) is 0 Å². The fraction of sp³-hybridized carbons (Fsp3) is 0.733. The average molecular weight is 291 g/mol. The first kappa shape index (κ1) is 14.4. The van der Waals surface area contributed by atoms with Gasteiger partial charge < -0.3 is 14.8 Å². The van der Waals surface area contributed by atoms with Crippen molar-refractivity contribution >= 4 is 6.03 Å². The molecule has 1 saturated carbocycles. The minimum atomic E-state index is 0.0651. The summed E-state index contributed by atoms with van der Waals surface area (Å²) in [5.74, 6) is 1.94. The van der Waals surface area contributed by atoms with Gasteiger partial charge in [-0.1, -0.05) is 0 Å². The predicted octanol–water partition coefficient (Wildman–Crippen LogP) is 0.700. The molecular formula is C15H25N5O. The molecule has 2 fully saturated rings. The second-order valence-corrected chi connectivity index (χ2v) is 6.17. The van der Waals surface area contributed by atoms with E-state index in [1.54, 1.807) is 6.20 Å². The van der Waals surface area contributed by atoms with Gasteiger partial charge in [0.25, 0.3) is 0 Å². The molecule has 0 atom stereocenters. The van der Waals surface area contributed by atoms with Crippen LogP contribution in [0.1, 0.15) is 18.7 Å². The van der Waals surface area contributed by atoms with E-state index in [0.717, 1.165) is 44.3 Å². The molecule has 0 spiro atoms. The number of aromatic nitrogens is 2. The Morgan fingerprint density at radius 2 is 2.10 bits per heavy atom. The Morgan fingerprint density at radius 1 is 1.33 bits per heavy atom. The topological polar surface area (TPSA) is 53.4 Å². The lowest BCUT2D eigenvalue weighted by molar-refractivity contribution is 0.136. The number of imidazole rings is 1. The second-order valence-electron chi connectivity index (χ2n) is 6.17. The first-order valence-corrected chi connectivity index (χ1v) is 7.93. The standard InChI is InChI=1S/C15H25N5O/c1-18-7-6-16-14(18)4-5-17-15(21)20-10-8-19(9-11-20)12-13-2-3-13/h6-7,13H,2-5,8-12H2,1H3,(H,17,21). The molecule has 3 rings (SSSR count). The molecule has 6 nitrogen and oxygen atoms in total. The van der Waals surface area contributed by atoms with Gasteiger partial charge in [-0.15, -0.1) is 0 Å². The van der Waals surface area contributed by atoms with Gasteiger partial charge >= 0.3 is 6.03 Å². The molecule has 0 bridgehead atoms. The zero-order valence-corrected chi connectivity index (χ0v) is 12.8. The van der Waals surface area contributed by atoms with Crippen molar-refractivity contribution in [1.29, 1.82) is 0 Å². The van der Waals surface area contributed by atoms with Crippen LogP contribution in [0.5, 0.6) is 0 Å². The molecule has 0 aromatic carbocycles. The number of nitrogens with zero attached hydrogens (tertiary/aromatic N) is 4. The molecule has 1 N–H and O–H groups in total. The van der Waals surface area contributed by atoms with Crippen LogP contribution < -0.4 is 5.32 Å². The Balaban J connectivity index is 1.35. The van der Waals surface area contributed by atoms with Crippen molar-refractivity contribution in [2.75, 3.05) is 39.3 Å². The summed E-state index contributed by atoms with van der Waals surface area (Å²) in [4.78, 5) is 20.8. The molecule has 2 amide bonds. The Labute approximate surface area is 126 Å². The fourth-order valence-electron chi connectivity index (χ4n) is 2.83. The Hall–Kier alpha value is -1.56. The molecule has 1 saturated heterocycles. The molecule has 1 aromatic heterocycles. The predicted molar refractivity (Wildman–Crippen MR) is 81.0 cm³/mol. The van der Waals surface area contributed by atoms with E-state index in [1.165, 1.54) is 19.4 Å². The van der Waals surface area contributed by atoms with Gasteiger partial charge in [0.15, 0.2) is 0 Å². The van der Waals surface area contributed by atoms with Crippen LogP contribution in [0.4, 0.5) is 4.79 Å². The maximum atomic E-state index is 12.1. The van der Waals surface area contributed by atoms with Crippen LogP contribution in [0.25, 0.3) is 0 Å². The van der Waals surface area contributed by atoms with Crippen LogP contribution in [0.15, 0.2) is 12.4 Å². The number of carbonyl (C=O) groups is 1. The third kappa shape index (κ3) is 3.97. The monoisotopic (exact) mass is 291 g/mol. The lowest BCUT2D eigenvalue weighted by Crippen LogP contribution is -2.52. The number of aryl methyl sites for hydroxylation is 1. The summed E-state index contributed by atoms with van der Waals surface area (Å²) >= 11 is 0. The van der Waals surface area contributed by atoms with E-state index in [1.807, 2.05) is 22.7 Å². The van der Waals surface area contributed by atoms with Gasteiger partial charge in [-0.3, -0.25) is 4.90 Å². The van der Waals surface area contributed by atoms with Crippen LogP contribution in [0.2, 0.25) is 0 Å². The minimum Gasteiger partial charge on any atom is -0.338 e. The first-order chi connectivity index (χ1) is 10.2. The van der Waals surface area contributed by atoms with Crippen molar-refractivity contribution in [3.8, 4) is 0 Å². The van der Waals surface area contributed by atoms with E-state index >= 15 is 0 Å². The van der Waals surface area contributed by atoms with Crippen LogP contribution in [-0.2, 0) is 13.5 Å². The molecule has 0 unspecified atom stereocenters. The third-order valence-corrected chi connectivity index (χ3v) is 4.42. The average Bonchev–Trinajstić information content (AvgIpc) is 3.21. The van der Waals surface area contributed by atoms with Crippen LogP contribution in [0, 0.1) is 5.92 Å². The Morgan fingerprint density at radius 3 is 2.71 bits per heavy atom. The third-order valence-electron chi connectivity index (χ3n) is 4.42. The summed E-state index contributed by atoms with van der Waals surface area (Å²) < 4.78 is 1.99. The molecular weight excluding hydrogens is 266 g/mol. The summed E-state index contributed by atoms with van der Waals surface area (Å²) in [7, 11) is 1.98. The molecule has 21 heavy (non-hydrogen) atoms. The Kier molecular flexibility index (Phi) is 4.43. The highest BCUT2D eigenvalue weighted by atomic mass is 16.2. The van der Waals surface area contributed by atoms with Crippen LogP contribution in [0.3, 0.4) is 0 Å². The number of piperazine rings is 1. The highest BCUT2D eigenvalue weighted by molar-refractivity contribution is 5.74. The van der Waals surface area contributed by atoms with Gasteiger partial charge in [-0.25, -0.2) is 9.78 Å². The summed E-state index contributed by atoms with van der Waals surface area (Å²) in [5.41, 5.74) is 0. The zero-order valence-electron chi connectivity index (χ0n) is 12.8. The molecule has 1 aromatic rings. The smallest absolute Gasteiger partial charge is 0.317 e. The van der Waals surface area contributed by atoms with Crippen molar-refractivity contribution in [1.82, 2.24) is 24.7 Å². The highest BCUT2D eigenvalue weighted by Crippen LogP contribution is 2.29. The molecule has 1 aliphatic heterocycles. The van der Waals surface area contributed by atoms with Crippen molar-refractivity contribution in [3.63, 3.8) is 0 Å². The number of hydrogen-bond donors (Lipinski definition) is 1. The van der Waals surface area contributed by atoms with Crippen molar-refractivity contribution in [2.24, 2.45) is 13.0 Å².